The Hall–Kier alpha value is -1.40. The van der Waals surface area contributed by atoms with Gasteiger partial charge in [0.2, 0.25) is 0 Å². The lowest BCUT2D eigenvalue weighted by molar-refractivity contribution is 0.0993. The molecule has 3 N–H and O–H groups in total. The normalized spacial score (nSPS) is 13.9. The van der Waals surface area contributed by atoms with Crippen LogP contribution >= 0.6 is 11.3 Å². The summed E-state index contributed by atoms with van der Waals surface area (Å²) in [4.78, 5) is 0. The lowest BCUT2D eigenvalue weighted by Crippen LogP contribution is -2.33. The van der Waals surface area contributed by atoms with Gasteiger partial charge in [-0.2, -0.15) is 11.3 Å². The van der Waals surface area contributed by atoms with Gasteiger partial charge in [-0.05, 0) is 40.9 Å². The number of rotatable bonds is 8. The maximum absolute atomic E-state index is 9.90. The van der Waals surface area contributed by atoms with Crippen LogP contribution in [0.2, 0.25) is 0 Å². The van der Waals surface area contributed by atoms with Crippen LogP contribution in [0.3, 0.4) is 0 Å². The number of para-hydroxylation sites is 1. The molecular weight excluding hydrogens is 286 g/mol. The third-order valence-electron chi connectivity index (χ3n) is 3.17. The molecule has 114 valence electrons. The summed E-state index contributed by atoms with van der Waals surface area (Å²) < 4.78 is 5.58. The Morgan fingerprint density at radius 1 is 1.19 bits per heavy atom. The summed E-state index contributed by atoms with van der Waals surface area (Å²) in [6.07, 6.45) is -1.15. The smallest absolute Gasteiger partial charge is 0.122 e. The van der Waals surface area contributed by atoms with Gasteiger partial charge in [0, 0.05) is 13.1 Å². The highest BCUT2D eigenvalue weighted by atomic mass is 32.1. The van der Waals surface area contributed by atoms with Crippen LogP contribution in [0.25, 0.3) is 0 Å². The molecule has 4 nitrogen and oxygen atoms in total. The number of thiophene rings is 1. The first-order valence-electron chi connectivity index (χ1n) is 6.94. The molecule has 0 saturated heterocycles. The van der Waals surface area contributed by atoms with E-state index < -0.39 is 12.2 Å². The zero-order valence-corrected chi connectivity index (χ0v) is 12.8. The average molecular weight is 307 g/mol. The van der Waals surface area contributed by atoms with Gasteiger partial charge in [0.05, 0.1) is 6.10 Å². The van der Waals surface area contributed by atoms with Crippen LogP contribution in [-0.2, 0) is 0 Å². The Morgan fingerprint density at radius 3 is 2.71 bits per heavy atom. The fraction of sp³-hybridized carbons (Fsp3) is 0.375. The lowest BCUT2D eigenvalue weighted by atomic mass is 10.2. The third kappa shape index (κ3) is 5.13. The van der Waals surface area contributed by atoms with Crippen molar-refractivity contribution in [3.05, 3.63) is 52.2 Å². The maximum atomic E-state index is 9.90. The Morgan fingerprint density at radius 2 is 2.00 bits per heavy atom. The molecule has 21 heavy (non-hydrogen) atoms. The van der Waals surface area contributed by atoms with Crippen molar-refractivity contribution in [3.8, 4) is 5.75 Å². The minimum absolute atomic E-state index is 0.229. The van der Waals surface area contributed by atoms with E-state index >= 15 is 0 Å². The van der Waals surface area contributed by atoms with Gasteiger partial charge in [-0.15, -0.1) is 0 Å². The molecular formula is C16H21NO3S. The molecule has 0 aliphatic rings. The van der Waals surface area contributed by atoms with Crippen LogP contribution in [0.4, 0.5) is 0 Å². The fourth-order valence-electron chi connectivity index (χ4n) is 1.93. The number of aliphatic hydroxyl groups is 2. The molecule has 1 aromatic heterocycles. The van der Waals surface area contributed by atoms with Crippen LogP contribution in [-0.4, -0.2) is 36.0 Å². The Bertz CT molecular complexity index is 530. The van der Waals surface area contributed by atoms with Gasteiger partial charge in [0.15, 0.2) is 0 Å². The number of aryl methyl sites for hydroxylation is 1. The molecule has 2 rings (SSSR count). The van der Waals surface area contributed by atoms with Gasteiger partial charge < -0.3 is 20.3 Å². The number of nitrogens with one attached hydrogen (secondary N) is 1. The van der Waals surface area contributed by atoms with Crippen LogP contribution in [0, 0.1) is 6.92 Å². The van der Waals surface area contributed by atoms with E-state index in [2.05, 4.69) is 5.32 Å². The van der Waals surface area contributed by atoms with Crippen molar-refractivity contribution in [1.82, 2.24) is 5.32 Å². The van der Waals surface area contributed by atoms with E-state index in [4.69, 9.17) is 4.74 Å². The summed E-state index contributed by atoms with van der Waals surface area (Å²) in [5.74, 6) is 0.787. The SMILES string of the molecule is Cc1ccccc1OCC(O)CNCC(O)c1ccsc1. The first-order valence-corrected chi connectivity index (χ1v) is 7.88. The number of hydrogen-bond donors (Lipinski definition) is 3. The molecule has 2 unspecified atom stereocenters. The predicted molar refractivity (Wildman–Crippen MR) is 84.8 cm³/mol. The largest absolute Gasteiger partial charge is 0.491 e. The lowest BCUT2D eigenvalue weighted by Gasteiger charge is -2.16. The average Bonchev–Trinajstić information content (AvgIpc) is 3.00. The van der Waals surface area contributed by atoms with Crippen molar-refractivity contribution in [2.24, 2.45) is 0 Å². The van der Waals surface area contributed by atoms with Gasteiger partial charge in [0.25, 0.3) is 0 Å². The Labute approximate surface area is 129 Å². The van der Waals surface area contributed by atoms with Crippen molar-refractivity contribution in [2.75, 3.05) is 19.7 Å². The summed E-state index contributed by atoms with van der Waals surface area (Å²) in [5, 5.41) is 26.7. The second-order valence-electron chi connectivity index (χ2n) is 4.96. The summed E-state index contributed by atoms with van der Waals surface area (Å²) in [7, 11) is 0. The first kappa shape index (κ1) is 16.0. The Balaban J connectivity index is 1.66. The van der Waals surface area contributed by atoms with Crippen LogP contribution in [0.1, 0.15) is 17.2 Å². The monoisotopic (exact) mass is 307 g/mol. The molecule has 0 aliphatic heterocycles. The van der Waals surface area contributed by atoms with E-state index in [1.165, 1.54) is 0 Å². The first-order chi connectivity index (χ1) is 10.2. The number of hydrogen-bond acceptors (Lipinski definition) is 5. The van der Waals surface area contributed by atoms with E-state index in [0.29, 0.717) is 13.1 Å². The highest BCUT2D eigenvalue weighted by molar-refractivity contribution is 7.07. The van der Waals surface area contributed by atoms with Crippen molar-refractivity contribution in [2.45, 2.75) is 19.1 Å². The summed E-state index contributed by atoms with van der Waals surface area (Å²) >= 11 is 1.56. The second kappa shape index (κ2) is 8.14. The maximum Gasteiger partial charge on any atom is 0.122 e. The predicted octanol–water partition coefficient (Wildman–Crippen LogP) is 2.12. The van der Waals surface area contributed by atoms with Crippen molar-refractivity contribution in [1.29, 1.82) is 0 Å². The van der Waals surface area contributed by atoms with E-state index in [1.807, 2.05) is 48.0 Å². The molecule has 2 aromatic rings. The number of benzene rings is 1. The van der Waals surface area contributed by atoms with E-state index in [1.54, 1.807) is 11.3 Å². The highest BCUT2D eigenvalue weighted by Crippen LogP contribution is 2.16. The van der Waals surface area contributed by atoms with Crippen LogP contribution in [0.5, 0.6) is 5.75 Å². The van der Waals surface area contributed by atoms with E-state index in [-0.39, 0.29) is 6.61 Å². The third-order valence-corrected chi connectivity index (χ3v) is 3.87. The summed E-state index contributed by atoms with van der Waals surface area (Å²) in [5.41, 5.74) is 1.95. The molecule has 0 radical (unpaired) electrons. The summed E-state index contributed by atoms with van der Waals surface area (Å²) in [6.45, 7) is 2.99. The molecule has 0 fully saturated rings. The zero-order valence-electron chi connectivity index (χ0n) is 12.0. The highest BCUT2D eigenvalue weighted by Gasteiger charge is 2.10. The minimum atomic E-state index is -0.612. The van der Waals surface area contributed by atoms with Gasteiger partial charge in [-0.3, -0.25) is 0 Å². The molecule has 5 heteroatoms. The molecule has 0 bridgehead atoms. The van der Waals surface area contributed by atoms with Gasteiger partial charge >= 0.3 is 0 Å². The number of ether oxygens (including phenoxy) is 1. The molecule has 0 saturated carbocycles. The quantitative estimate of drug-likeness (QED) is 0.699. The summed E-state index contributed by atoms with van der Waals surface area (Å²) in [6, 6.07) is 9.61. The van der Waals surface area contributed by atoms with Crippen molar-refractivity contribution in [3.63, 3.8) is 0 Å². The van der Waals surface area contributed by atoms with Crippen LogP contribution < -0.4 is 10.1 Å². The topological polar surface area (TPSA) is 61.7 Å². The van der Waals surface area contributed by atoms with E-state index in [0.717, 1.165) is 16.9 Å². The molecule has 0 amide bonds. The molecule has 2 atom stereocenters. The van der Waals surface area contributed by atoms with Gasteiger partial charge in [0.1, 0.15) is 18.5 Å². The molecule has 0 spiro atoms. The number of aliphatic hydroxyl groups excluding tert-OH is 2. The molecule has 0 aliphatic carbocycles. The Kier molecular flexibility index (Phi) is 6.20. The standard InChI is InChI=1S/C16H21NO3S/c1-12-4-2-3-5-16(12)20-10-14(18)8-17-9-15(19)13-6-7-21-11-13/h2-7,11,14-15,17-19H,8-10H2,1H3. The zero-order chi connectivity index (χ0) is 15.1. The molecule has 1 heterocycles. The van der Waals surface area contributed by atoms with Crippen molar-refractivity contribution >= 4 is 11.3 Å². The second-order valence-corrected chi connectivity index (χ2v) is 5.74. The van der Waals surface area contributed by atoms with E-state index in [9.17, 15) is 10.2 Å². The molecule has 1 aromatic carbocycles. The van der Waals surface area contributed by atoms with Crippen molar-refractivity contribution < 1.29 is 14.9 Å². The van der Waals surface area contributed by atoms with Gasteiger partial charge in [-0.1, -0.05) is 18.2 Å². The van der Waals surface area contributed by atoms with Crippen LogP contribution in [0.15, 0.2) is 41.1 Å². The van der Waals surface area contributed by atoms with Gasteiger partial charge in [-0.25, -0.2) is 0 Å². The fourth-order valence-corrected chi connectivity index (χ4v) is 2.64. The minimum Gasteiger partial charge on any atom is -0.491 e.